The number of nitrogens with one attached hydrogen (secondary N) is 1. The molecule has 1 atom stereocenters. The van der Waals surface area contributed by atoms with E-state index in [0.29, 0.717) is 31.7 Å². The van der Waals surface area contributed by atoms with Gasteiger partial charge in [-0.05, 0) is 31.0 Å². The number of hydrogen-bond acceptors (Lipinski definition) is 5. The van der Waals surface area contributed by atoms with Crippen LogP contribution in [-0.2, 0) is 14.6 Å². The second kappa shape index (κ2) is 7.76. The molecule has 24 heavy (non-hydrogen) atoms. The van der Waals surface area contributed by atoms with Gasteiger partial charge in [-0.15, -0.1) is 0 Å². The Hall–Kier alpha value is -1.93. The molecule has 7 nitrogen and oxygen atoms in total. The first-order valence-electron chi connectivity index (χ1n) is 7.90. The molecule has 0 radical (unpaired) electrons. The molecule has 1 fully saturated rings. The van der Waals surface area contributed by atoms with E-state index in [1.165, 1.54) is 12.1 Å². The number of sulfone groups is 1. The van der Waals surface area contributed by atoms with E-state index in [1.54, 1.807) is 17.0 Å². The second-order valence-electron chi connectivity index (χ2n) is 5.97. The Kier molecular flexibility index (Phi) is 5.95. The summed E-state index contributed by atoms with van der Waals surface area (Å²) in [6.07, 6.45) is 2.57. The second-order valence-corrected chi connectivity index (χ2v) is 7.99. The van der Waals surface area contributed by atoms with Crippen molar-refractivity contribution in [1.82, 2.24) is 10.2 Å². The Morgan fingerprint density at radius 1 is 1.38 bits per heavy atom. The van der Waals surface area contributed by atoms with Crippen LogP contribution in [0, 0.1) is 5.92 Å². The van der Waals surface area contributed by atoms with Gasteiger partial charge in [0.2, 0.25) is 5.91 Å². The van der Waals surface area contributed by atoms with Crippen LogP contribution in [0.2, 0.25) is 0 Å². The van der Waals surface area contributed by atoms with Gasteiger partial charge < -0.3 is 16.0 Å². The van der Waals surface area contributed by atoms with Crippen LogP contribution < -0.4 is 11.1 Å². The van der Waals surface area contributed by atoms with Crippen molar-refractivity contribution >= 4 is 21.7 Å². The van der Waals surface area contributed by atoms with E-state index in [0.717, 1.165) is 19.1 Å². The molecule has 2 rings (SSSR count). The van der Waals surface area contributed by atoms with Gasteiger partial charge in [-0.25, -0.2) is 8.42 Å². The zero-order valence-corrected chi connectivity index (χ0v) is 14.5. The monoisotopic (exact) mass is 353 g/mol. The van der Waals surface area contributed by atoms with Gasteiger partial charge in [0.1, 0.15) is 0 Å². The van der Waals surface area contributed by atoms with Crippen LogP contribution in [0.1, 0.15) is 23.2 Å². The Labute approximate surface area is 142 Å². The molecule has 132 valence electrons. The Morgan fingerprint density at radius 3 is 2.79 bits per heavy atom. The average Bonchev–Trinajstić information content (AvgIpc) is 2.58. The molecule has 1 unspecified atom stereocenters. The molecule has 1 heterocycles. The van der Waals surface area contributed by atoms with Crippen molar-refractivity contribution in [2.45, 2.75) is 17.7 Å². The number of carbonyl (C=O) groups is 2. The highest BCUT2D eigenvalue weighted by molar-refractivity contribution is 7.90. The minimum absolute atomic E-state index is 0.0946. The van der Waals surface area contributed by atoms with Gasteiger partial charge in [0.05, 0.1) is 10.8 Å². The molecule has 8 heteroatoms. The van der Waals surface area contributed by atoms with Crippen LogP contribution in [-0.4, -0.2) is 57.6 Å². The van der Waals surface area contributed by atoms with E-state index < -0.39 is 9.84 Å². The maximum absolute atomic E-state index is 12.6. The number of hydrogen-bond donors (Lipinski definition) is 2. The van der Waals surface area contributed by atoms with Gasteiger partial charge in [-0.3, -0.25) is 9.59 Å². The first-order valence-corrected chi connectivity index (χ1v) is 9.79. The van der Waals surface area contributed by atoms with Crippen LogP contribution in [0.5, 0.6) is 0 Å². The third-order valence-electron chi connectivity index (χ3n) is 4.03. The minimum atomic E-state index is -3.37. The Morgan fingerprint density at radius 2 is 2.12 bits per heavy atom. The SMILES string of the molecule is CS(=O)(=O)c1cccc(C(=O)N2CCCC(C(=O)NCCN)C2)c1. The maximum Gasteiger partial charge on any atom is 0.253 e. The van der Waals surface area contributed by atoms with E-state index >= 15 is 0 Å². The van der Waals surface area contributed by atoms with Crippen molar-refractivity contribution in [1.29, 1.82) is 0 Å². The fraction of sp³-hybridized carbons (Fsp3) is 0.500. The average molecular weight is 353 g/mol. The molecule has 0 bridgehead atoms. The van der Waals surface area contributed by atoms with Crippen molar-refractivity contribution in [2.24, 2.45) is 11.7 Å². The fourth-order valence-corrected chi connectivity index (χ4v) is 3.42. The summed E-state index contributed by atoms with van der Waals surface area (Å²) in [7, 11) is -3.37. The predicted octanol–water partition coefficient (Wildman–Crippen LogP) is 0.0172. The van der Waals surface area contributed by atoms with E-state index in [-0.39, 0.29) is 22.6 Å². The van der Waals surface area contributed by atoms with Crippen LogP contribution in [0.25, 0.3) is 0 Å². The fourth-order valence-electron chi connectivity index (χ4n) is 2.76. The first-order chi connectivity index (χ1) is 11.3. The molecule has 1 aliphatic rings. The molecule has 0 aromatic heterocycles. The molecule has 1 aromatic rings. The van der Waals surface area contributed by atoms with Crippen LogP contribution in [0.15, 0.2) is 29.2 Å². The van der Waals surface area contributed by atoms with E-state index in [1.807, 2.05) is 0 Å². The minimum Gasteiger partial charge on any atom is -0.355 e. The van der Waals surface area contributed by atoms with E-state index in [9.17, 15) is 18.0 Å². The number of benzene rings is 1. The number of piperidine rings is 1. The van der Waals surface area contributed by atoms with Gasteiger partial charge >= 0.3 is 0 Å². The van der Waals surface area contributed by atoms with Crippen molar-refractivity contribution in [2.75, 3.05) is 32.4 Å². The lowest BCUT2D eigenvalue weighted by Crippen LogP contribution is -2.46. The number of rotatable bonds is 5. The van der Waals surface area contributed by atoms with Gasteiger partial charge in [0, 0.05) is 38.0 Å². The molecule has 1 aromatic carbocycles. The molecule has 1 saturated heterocycles. The summed E-state index contributed by atoms with van der Waals surface area (Å²) in [5.74, 6) is -0.605. The van der Waals surface area contributed by atoms with Crippen LogP contribution in [0.3, 0.4) is 0 Å². The topological polar surface area (TPSA) is 110 Å². The summed E-state index contributed by atoms with van der Waals surface area (Å²) in [4.78, 5) is 26.4. The third kappa shape index (κ3) is 4.55. The largest absolute Gasteiger partial charge is 0.355 e. The highest BCUT2D eigenvalue weighted by Gasteiger charge is 2.29. The van der Waals surface area contributed by atoms with Crippen molar-refractivity contribution in [3.63, 3.8) is 0 Å². The van der Waals surface area contributed by atoms with Crippen molar-refractivity contribution < 1.29 is 18.0 Å². The van der Waals surface area contributed by atoms with E-state index in [4.69, 9.17) is 5.73 Å². The summed E-state index contributed by atoms with van der Waals surface area (Å²) >= 11 is 0. The number of likely N-dealkylation sites (tertiary alicyclic amines) is 1. The normalized spacial score (nSPS) is 18.2. The highest BCUT2D eigenvalue weighted by Crippen LogP contribution is 2.20. The number of nitrogens with zero attached hydrogens (tertiary/aromatic N) is 1. The lowest BCUT2D eigenvalue weighted by molar-refractivity contribution is -0.126. The summed E-state index contributed by atoms with van der Waals surface area (Å²) in [5.41, 5.74) is 5.70. The number of amides is 2. The van der Waals surface area contributed by atoms with Crippen molar-refractivity contribution in [3.05, 3.63) is 29.8 Å². The van der Waals surface area contributed by atoms with Crippen LogP contribution in [0.4, 0.5) is 0 Å². The lowest BCUT2D eigenvalue weighted by atomic mass is 9.96. The predicted molar refractivity (Wildman–Crippen MR) is 90.2 cm³/mol. The Bertz CT molecular complexity index is 718. The molecule has 2 amide bonds. The Balaban J connectivity index is 2.11. The molecular formula is C16H23N3O4S. The van der Waals surface area contributed by atoms with Crippen molar-refractivity contribution in [3.8, 4) is 0 Å². The first kappa shape index (κ1) is 18.4. The molecule has 0 spiro atoms. The standard InChI is InChI=1S/C16H23N3O4S/c1-24(22,23)14-6-2-4-12(10-14)16(21)19-9-3-5-13(11-19)15(20)18-8-7-17/h2,4,6,10,13H,3,5,7-9,11,17H2,1H3,(H,18,20). The number of nitrogens with two attached hydrogens (primary N) is 1. The maximum atomic E-state index is 12.6. The summed E-state index contributed by atoms with van der Waals surface area (Å²) in [5, 5.41) is 2.75. The summed E-state index contributed by atoms with van der Waals surface area (Å²) in [6, 6.07) is 6.00. The van der Waals surface area contributed by atoms with Gasteiger partial charge in [-0.2, -0.15) is 0 Å². The summed E-state index contributed by atoms with van der Waals surface area (Å²) < 4.78 is 23.3. The van der Waals surface area contributed by atoms with Crippen LogP contribution >= 0.6 is 0 Å². The highest BCUT2D eigenvalue weighted by atomic mass is 32.2. The smallest absolute Gasteiger partial charge is 0.253 e. The molecule has 1 aliphatic heterocycles. The molecule has 0 aliphatic carbocycles. The number of carbonyl (C=O) groups excluding carboxylic acids is 2. The molecule has 3 N–H and O–H groups in total. The quantitative estimate of drug-likeness (QED) is 0.775. The molecule has 0 saturated carbocycles. The third-order valence-corrected chi connectivity index (χ3v) is 5.14. The van der Waals surface area contributed by atoms with Gasteiger partial charge in [-0.1, -0.05) is 6.07 Å². The molecular weight excluding hydrogens is 330 g/mol. The zero-order valence-electron chi connectivity index (χ0n) is 13.7. The lowest BCUT2D eigenvalue weighted by Gasteiger charge is -2.32. The van der Waals surface area contributed by atoms with E-state index in [2.05, 4.69) is 5.32 Å². The van der Waals surface area contributed by atoms with Gasteiger partial charge in [0.15, 0.2) is 9.84 Å². The zero-order chi connectivity index (χ0) is 17.7. The van der Waals surface area contributed by atoms with Gasteiger partial charge in [0.25, 0.3) is 5.91 Å². The summed E-state index contributed by atoms with van der Waals surface area (Å²) in [6.45, 7) is 1.68.